The molecule has 23 heavy (non-hydrogen) atoms. The Morgan fingerprint density at radius 1 is 1.17 bits per heavy atom. The number of benzene rings is 2. The van der Waals surface area contributed by atoms with E-state index in [0.717, 1.165) is 35.1 Å². The summed E-state index contributed by atoms with van der Waals surface area (Å²) in [7, 11) is 1.70. The SMILES string of the molecule is COc1ccc2c(c1)CCc1sc(Nc3cccc(Cl)c3)nc1-2. The van der Waals surface area contributed by atoms with Gasteiger partial charge in [-0.25, -0.2) is 4.98 Å². The second kappa shape index (κ2) is 5.87. The summed E-state index contributed by atoms with van der Waals surface area (Å²) < 4.78 is 5.32. The third-order valence-corrected chi connectivity index (χ3v) is 5.23. The molecular formula is C18H15ClN2OS. The number of anilines is 2. The van der Waals surface area contributed by atoms with Gasteiger partial charge in [0.05, 0.1) is 12.8 Å². The molecule has 0 radical (unpaired) electrons. The highest BCUT2D eigenvalue weighted by molar-refractivity contribution is 7.16. The van der Waals surface area contributed by atoms with Gasteiger partial charge < -0.3 is 10.1 Å². The second-order valence-electron chi connectivity index (χ2n) is 5.45. The molecule has 0 atom stereocenters. The standard InChI is InChI=1S/C18H15ClN2OS/c1-22-14-6-7-15-11(9-14)5-8-16-17(15)21-18(23-16)20-13-4-2-3-12(19)10-13/h2-4,6-7,9-10H,5,8H2,1H3,(H,20,21). The van der Waals surface area contributed by atoms with Crippen molar-refractivity contribution in [2.75, 3.05) is 12.4 Å². The first kappa shape index (κ1) is 14.5. The van der Waals surface area contributed by atoms with Crippen molar-refractivity contribution in [3.8, 4) is 17.0 Å². The van der Waals surface area contributed by atoms with Crippen LogP contribution in [0.25, 0.3) is 11.3 Å². The van der Waals surface area contributed by atoms with E-state index in [1.807, 2.05) is 30.3 Å². The Balaban J connectivity index is 1.68. The fraction of sp³-hybridized carbons (Fsp3) is 0.167. The lowest BCUT2D eigenvalue weighted by atomic mass is 9.93. The summed E-state index contributed by atoms with van der Waals surface area (Å²) in [6.45, 7) is 0. The molecule has 0 spiro atoms. The van der Waals surface area contributed by atoms with Gasteiger partial charge in [0.1, 0.15) is 5.75 Å². The number of rotatable bonds is 3. The maximum Gasteiger partial charge on any atom is 0.187 e. The third kappa shape index (κ3) is 2.80. The van der Waals surface area contributed by atoms with Crippen molar-refractivity contribution < 1.29 is 4.74 Å². The van der Waals surface area contributed by atoms with Crippen LogP contribution in [0.15, 0.2) is 42.5 Å². The van der Waals surface area contributed by atoms with E-state index in [1.165, 1.54) is 16.0 Å². The number of thiazole rings is 1. The van der Waals surface area contributed by atoms with Crippen molar-refractivity contribution in [1.82, 2.24) is 4.98 Å². The van der Waals surface area contributed by atoms with E-state index in [-0.39, 0.29) is 0 Å². The first-order valence-electron chi connectivity index (χ1n) is 7.42. The molecule has 0 unspecified atom stereocenters. The molecule has 0 aliphatic heterocycles. The molecule has 0 amide bonds. The number of hydrogen-bond donors (Lipinski definition) is 1. The van der Waals surface area contributed by atoms with Gasteiger partial charge >= 0.3 is 0 Å². The Bertz CT molecular complexity index is 875. The summed E-state index contributed by atoms with van der Waals surface area (Å²) in [5.74, 6) is 0.903. The minimum Gasteiger partial charge on any atom is -0.497 e. The maximum atomic E-state index is 6.04. The minimum atomic E-state index is 0.716. The van der Waals surface area contributed by atoms with Crippen molar-refractivity contribution in [3.63, 3.8) is 0 Å². The van der Waals surface area contributed by atoms with E-state index in [1.54, 1.807) is 18.4 Å². The van der Waals surface area contributed by atoms with Crippen molar-refractivity contribution in [2.45, 2.75) is 12.8 Å². The van der Waals surface area contributed by atoms with Crippen LogP contribution in [0.1, 0.15) is 10.4 Å². The van der Waals surface area contributed by atoms with Gasteiger partial charge in [-0.2, -0.15) is 0 Å². The Hall–Kier alpha value is -2.04. The number of aromatic nitrogens is 1. The normalized spacial score (nSPS) is 12.4. The molecule has 5 heteroatoms. The van der Waals surface area contributed by atoms with Gasteiger partial charge in [-0.3, -0.25) is 0 Å². The number of aryl methyl sites for hydroxylation is 2. The van der Waals surface area contributed by atoms with Crippen molar-refractivity contribution in [2.24, 2.45) is 0 Å². The summed E-state index contributed by atoms with van der Waals surface area (Å²) in [5, 5.41) is 4.97. The van der Waals surface area contributed by atoms with E-state index in [4.69, 9.17) is 21.3 Å². The molecule has 2 aromatic carbocycles. The fourth-order valence-electron chi connectivity index (χ4n) is 2.86. The lowest BCUT2D eigenvalue weighted by Gasteiger charge is -2.15. The number of methoxy groups -OCH3 is 1. The average molecular weight is 343 g/mol. The van der Waals surface area contributed by atoms with E-state index < -0.39 is 0 Å². The number of nitrogens with zero attached hydrogens (tertiary/aromatic N) is 1. The zero-order chi connectivity index (χ0) is 15.8. The smallest absolute Gasteiger partial charge is 0.187 e. The van der Waals surface area contributed by atoms with Crippen molar-refractivity contribution in [1.29, 1.82) is 0 Å². The van der Waals surface area contributed by atoms with Crippen LogP contribution in [0, 0.1) is 0 Å². The molecule has 0 saturated heterocycles. The monoisotopic (exact) mass is 342 g/mol. The molecule has 3 nitrogen and oxygen atoms in total. The van der Waals surface area contributed by atoms with Crippen LogP contribution in [0.5, 0.6) is 5.75 Å². The Kier molecular flexibility index (Phi) is 3.71. The number of nitrogens with one attached hydrogen (secondary N) is 1. The number of halogens is 1. The lowest BCUT2D eigenvalue weighted by molar-refractivity contribution is 0.414. The number of hydrogen-bond acceptors (Lipinski definition) is 4. The Morgan fingerprint density at radius 2 is 2.09 bits per heavy atom. The minimum absolute atomic E-state index is 0.716. The van der Waals surface area contributed by atoms with Crippen LogP contribution in [-0.2, 0) is 12.8 Å². The lowest BCUT2D eigenvalue weighted by Crippen LogP contribution is -2.02. The van der Waals surface area contributed by atoms with E-state index in [0.29, 0.717) is 5.02 Å². The predicted octanol–water partition coefficient (Wildman–Crippen LogP) is 5.31. The Morgan fingerprint density at radius 3 is 2.91 bits per heavy atom. The summed E-state index contributed by atoms with van der Waals surface area (Å²) in [6.07, 6.45) is 2.04. The highest BCUT2D eigenvalue weighted by Gasteiger charge is 2.21. The quantitative estimate of drug-likeness (QED) is 0.700. The highest BCUT2D eigenvalue weighted by atomic mass is 35.5. The van der Waals surface area contributed by atoms with E-state index in [2.05, 4.69) is 17.4 Å². The van der Waals surface area contributed by atoms with Crippen molar-refractivity contribution in [3.05, 3.63) is 57.9 Å². The zero-order valence-electron chi connectivity index (χ0n) is 12.6. The van der Waals surface area contributed by atoms with Crippen molar-refractivity contribution >= 4 is 33.8 Å². The molecule has 1 aliphatic carbocycles. The van der Waals surface area contributed by atoms with Gasteiger partial charge in [0, 0.05) is 21.2 Å². The molecule has 0 bridgehead atoms. The maximum absolute atomic E-state index is 6.04. The summed E-state index contributed by atoms with van der Waals surface area (Å²) in [6, 6.07) is 13.9. The molecule has 1 aromatic heterocycles. The largest absolute Gasteiger partial charge is 0.497 e. The fourth-order valence-corrected chi connectivity index (χ4v) is 4.04. The summed E-state index contributed by atoms with van der Waals surface area (Å²) >= 11 is 7.75. The average Bonchev–Trinajstić information content (AvgIpc) is 2.97. The number of fused-ring (bicyclic) bond motifs is 3. The van der Waals surface area contributed by atoms with Crippen LogP contribution in [0.4, 0.5) is 10.8 Å². The topological polar surface area (TPSA) is 34.1 Å². The van der Waals surface area contributed by atoms with Gasteiger partial charge in [-0.1, -0.05) is 17.7 Å². The predicted molar refractivity (Wildman–Crippen MR) is 96.2 cm³/mol. The van der Waals surface area contributed by atoms with E-state index >= 15 is 0 Å². The molecule has 0 fully saturated rings. The van der Waals surface area contributed by atoms with Crippen LogP contribution in [0.2, 0.25) is 5.02 Å². The van der Waals surface area contributed by atoms with Crippen LogP contribution >= 0.6 is 22.9 Å². The first-order chi connectivity index (χ1) is 11.2. The van der Waals surface area contributed by atoms with Gasteiger partial charge in [-0.05, 0) is 54.8 Å². The molecule has 1 heterocycles. The van der Waals surface area contributed by atoms with E-state index in [9.17, 15) is 0 Å². The third-order valence-electron chi connectivity index (χ3n) is 3.96. The molecule has 116 valence electrons. The van der Waals surface area contributed by atoms with Gasteiger partial charge in [0.2, 0.25) is 0 Å². The first-order valence-corrected chi connectivity index (χ1v) is 8.62. The Labute approximate surface area is 143 Å². The zero-order valence-corrected chi connectivity index (χ0v) is 14.2. The highest BCUT2D eigenvalue weighted by Crippen LogP contribution is 2.40. The van der Waals surface area contributed by atoms with Crippen LogP contribution in [-0.4, -0.2) is 12.1 Å². The van der Waals surface area contributed by atoms with Gasteiger partial charge in [0.25, 0.3) is 0 Å². The molecule has 1 aliphatic rings. The number of ether oxygens (including phenoxy) is 1. The molecule has 4 rings (SSSR count). The van der Waals surface area contributed by atoms with Crippen LogP contribution in [0.3, 0.4) is 0 Å². The molecule has 0 saturated carbocycles. The van der Waals surface area contributed by atoms with Crippen LogP contribution < -0.4 is 10.1 Å². The summed E-state index contributed by atoms with van der Waals surface area (Å²) in [5.41, 5.74) is 4.56. The molecule has 1 N–H and O–H groups in total. The second-order valence-corrected chi connectivity index (χ2v) is 6.97. The van der Waals surface area contributed by atoms with Gasteiger partial charge in [-0.15, -0.1) is 11.3 Å². The summed E-state index contributed by atoms with van der Waals surface area (Å²) in [4.78, 5) is 6.12. The molecule has 3 aromatic rings. The molecular weight excluding hydrogens is 328 g/mol. The van der Waals surface area contributed by atoms with Gasteiger partial charge in [0.15, 0.2) is 5.13 Å².